The minimum atomic E-state index is -3.83. The van der Waals surface area contributed by atoms with Crippen LogP contribution in [0.5, 0.6) is 0 Å². The molecule has 1 aliphatic rings. The van der Waals surface area contributed by atoms with Gasteiger partial charge in [-0.2, -0.15) is 0 Å². The van der Waals surface area contributed by atoms with E-state index in [9.17, 15) is 13.2 Å². The largest absolute Gasteiger partial charge is 0.299 e. The van der Waals surface area contributed by atoms with E-state index in [1.165, 1.54) is 23.8 Å². The average molecular weight is 404 g/mol. The van der Waals surface area contributed by atoms with Crippen LogP contribution in [-0.4, -0.2) is 14.3 Å². The lowest BCUT2D eigenvalue weighted by Gasteiger charge is -2.11. The van der Waals surface area contributed by atoms with Crippen molar-refractivity contribution >= 4 is 33.2 Å². The van der Waals surface area contributed by atoms with Crippen LogP contribution in [0, 0.1) is 0 Å². The molecule has 2 aromatic carbocycles. The van der Waals surface area contributed by atoms with Crippen LogP contribution < -0.4 is 15.6 Å². The van der Waals surface area contributed by atoms with Crippen LogP contribution in [0.4, 0.5) is 5.69 Å². The number of benzene rings is 2. The molecule has 0 heterocycles. The van der Waals surface area contributed by atoms with E-state index < -0.39 is 15.9 Å². The molecule has 0 fully saturated rings. The summed E-state index contributed by atoms with van der Waals surface area (Å²) in [6, 6.07) is 12.1. The highest BCUT2D eigenvalue weighted by Gasteiger charge is 2.17. The van der Waals surface area contributed by atoms with E-state index in [4.69, 9.17) is 11.6 Å². The first-order valence-electron chi connectivity index (χ1n) is 8.16. The minimum Gasteiger partial charge on any atom is -0.299 e. The molecule has 1 aliphatic carbocycles. The molecule has 140 valence electrons. The first-order chi connectivity index (χ1) is 12.8. The van der Waals surface area contributed by atoms with E-state index in [-0.39, 0.29) is 10.5 Å². The summed E-state index contributed by atoms with van der Waals surface area (Å²) >= 11 is 5.81. The molecule has 0 saturated carbocycles. The van der Waals surface area contributed by atoms with Crippen LogP contribution >= 0.6 is 11.6 Å². The topological polar surface area (TPSA) is 87.3 Å². The molecule has 6 nitrogen and oxygen atoms in total. The molecule has 0 saturated heterocycles. The lowest BCUT2D eigenvalue weighted by Crippen LogP contribution is -2.36. The Bertz CT molecular complexity index is 1030. The van der Waals surface area contributed by atoms with Gasteiger partial charge in [0, 0.05) is 16.3 Å². The third-order valence-corrected chi connectivity index (χ3v) is 5.50. The fraction of sp³-hybridized carbons (Fsp3) is 0.105. The standard InChI is InChI=1S/C19H18ClN3O3S/c1-13-5-8-17(11-13)21-22-19(24)14-3-2-4-18(12-14)27(25,26)23-16-9-6-15(20)7-10-16/h2-4,6-12,21,23H,5H2,1H3,(H,22,24). The van der Waals surface area contributed by atoms with E-state index in [1.54, 1.807) is 30.3 Å². The third-order valence-electron chi connectivity index (χ3n) is 3.87. The molecule has 0 radical (unpaired) electrons. The number of hydrogen-bond donors (Lipinski definition) is 3. The van der Waals surface area contributed by atoms with Gasteiger partial charge in [0.15, 0.2) is 0 Å². The highest BCUT2D eigenvalue weighted by atomic mass is 35.5. The van der Waals surface area contributed by atoms with Crippen molar-refractivity contribution in [3.05, 3.63) is 82.5 Å². The highest BCUT2D eigenvalue weighted by molar-refractivity contribution is 7.92. The van der Waals surface area contributed by atoms with Crippen LogP contribution in [0.2, 0.25) is 5.02 Å². The van der Waals surface area contributed by atoms with Crippen molar-refractivity contribution in [2.45, 2.75) is 18.2 Å². The third kappa shape index (κ3) is 4.90. The lowest BCUT2D eigenvalue weighted by molar-refractivity contribution is 0.0939. The zero-order valence-corrected chi connectivity index (χ0v) is 16.1. The van der Waals surface area contributed by atoms with Crippen LogP contribution in [0.1, 0.15) is 23.7 Å². The Hall–Kier alpha value is -2.77. The van der Waals surface area contributed by atoms with Crippen molar-refractivity contribution in [1.29, 1.82) is 0 Å². The Balaban J connectivity index is 1.72. The summed E-state index contributed by atoms with van der Waals surface area (Å²) in [4.78, 5) is 12.3. The SMILES string of the molecule is CC1=CC(NNC(=O)c2cccc(S(=O)(=O)Nc3ccc(Cl)cc3)c2)=CC1. The molecule has 0 aromatic heterocycles. The smallest absolute Gasteiger partial charge is 0.269 e. The van der Waals surface area contributed by atoms with Gasteiger partial charge in [-0.25, -0.2) is 8.42 Å². The Labute approximate surface area is 163 Å². The molecule has 3 rings (SSSR count). The first-order valence-corrected chi connectivity index (χ1v) is 10.0. The number of halogens is 1. The Morgan fingerprint density at radius 2 is 1.85 bits per heavy atom. The van der Waals surface area contributed by atoms with Crippen LogP contribution in [0.15, 0.2) is 76.8 Å². The maximum atomic E-state index is 12.6. The number of anilines is 1. The molecule has 27 heavy (non-hydrogen) atoms. The number of nitrogens with one attached hydrogen (secondary N) is 3. The molecule has 0 spiro atoms. The summed E-state index contributed by atoms with van der Waals surface area (Å²) < 4.78 is 27.6. The van der Waals surface area contributed by atoms with Crippen LogP contribution in [0.25, 0.3) is 0 Å². The van der Waals surface area contributed by atoms with Gasteiger partial charge in [-0.3, -0.25) is 20.4 Å². The summed E-state index contributed by atoms with van der Waals surface area (Å²) in [7, 11) is -3.83. The summed E-state index contributed by atoms with van der Waals surface area (Å²) in [6.07, 6.45) is 4.71. The van der Waals surface area contributed by atoms with Crippen molar-refractivity contribution in [3.8, 4) is 0 Å². The van der Waals surface area contributed by atoms with Crippen LogP contribution in [0.3, 0.4) is 0 Å². The number of carbonyl (C=O) groups is 1. The number of sulfonamides is 1. The van der Waals surface area contributed by atoms with Gasteiger partial charge in [0.05, 0.1) is 10.6 Å². The molecule has 0 bridgehead atoms. The molecular weight excluding hydrogens is 386 g/mol. The Kier molecular flexibility index (Phi) is 5.53. The summed E-state index contributed by atoms with van der Waals surface area (Å²) in [5, 5.41) is 0.506. The predicted octanol–water partition coefficient (Wildman–Crippen LogP) is 3.61. The predicted molar refractivity (Wildman–Crippen MR) is 106 cm³/mol. The molecule has 3 N–H and O–H groups in total. The molecule has 0 atom stereocenters. The summed E-state index contributed by atoms with van der Waals surface area (Å²) in [6.45, 7) is 2.00. The second-order valence-electron chi connectivity index (χ2n) is 6.07. The van der Waals surface area contributed by atoms with Gasteiger partial charge in [-0.15, -0.1) is 0 Å². The normalized spacial score (nSPS) is 13.6. The lowest BCUT2D eigenvalue weighted by atomic mass is 10.2. The van der Waals surface area contributed by atoms with Crippen LogP contribution in [-0.2, 0) is 10.0 Å². The zero-order chi connectivity index (χ0) is 19.4. The second-order valence-corrected chi connectivity index (χ2v) is 8.19. The van der Waals surface area contributed by atoms with Crippen molar-refractivity contribution < 1.29 is 13.2 Å². The summed E-state index contributed by atoms with van der Waals surface area (Å²) in [5.74, 6) is -0.433. The Morgan fingerprint density at radius 3 is 2.52 bits per heavy atom. The van der Waals surface area contributed by atoms with Gasteiger partial charge < -0.3 is 0 Å². The number of carbonyl (C=O) groups excluding carboxylic acids is 1. The van der Waals surface area contributed by atoms with Gasteiger partial charge in [-0.1, -0.05) is 29.3 Å². The number of rotatable bonds is 6. The van der Waals surface area contributed by atoms with E-state index in [2.05, 4.69) is 15.6 Å². The van der Waals surface area contributed by atoms with Gasteiger partial charge in [0.1, 0.15) is 0 Å². The van der Waals surface area contributed by atoms with E-state index >= 15 is 0 Å². The fourth-order valence-corrected chi connectivity index (χ4v) is 3.71. The molecule has 1 amide bonds. The molecule has 0 aliphatic heterocycles. The second kappa shape index (κ2) is 7.85. The zero-order valence-electron chi connectivity index (χ0n) is 14.5. The fourth-order valence-electron chi connectivity index (χ4n) is 2.48. The van der Waals surface area contributed by atoms with Gasteiger partial charge in [-0.05, 0) is 61.9 Å². The maximum absolute atomic E-state index is 12.6. The van der Waals surface area contributed by atoms with Gasteiger partial charge >= 0.3 is 0 Å². The van der Waals surface area contributed by atoms with Crippen molar-refractivity contribution in [2.24, 2.45) is 0 Å². The average Bonchev–Trinajstić information content (AvgIpc) is 3.07. The van der Waals surface area contributed by atoms with E-state index in [0.29, 0.717) is 10.7 Å². The van der Waals surface area contributed by atoms with Gasteiger partial charge in [0.25, 0.3) is 15.9 Å². The maximum Gasteiger partial charge on any atom is 0.269 e. The highest BCUT2D eigenvalue weighted by Crippen LogP contribution is 2.19. The quantitative estimate of drug-likeness (QED) is 0.643. The Morgan fingerprint density at radius 1 is 1.11 bits per heavy atom. The van der Waals surface area contributed by atoms with E-state index in [0.717, 1.165) is 12.1 Å². The van der Waals surface area contributed by atoms with Crippen molar-refractivity contribution in [3.63, 3.8) is 0 Å². The monoisotopic (exact) mass is 403 g/mol. The first kappa shape index (κ1) is 19.0. The molecular formula is C19H18ClN3O3S. The number of hydrogen-bond acceptors (Lipinski definition) is 4. The van der Waals surface area contributed by atoms with Gasteiger partial charge in [0.2, 0.25) is 0 Å². The molecule has 0 unspecified atom stereocenters. The molecule has 8 heteroatoms. The van der Waals surface area contributed by atoms with E-state index in [1.807, 2.05) is 19.1 Å². The number of amides is 1. The molecule has 2 aromatic rings. The minimum absolute atomic E-state index is 0.0130. The summed E-state index contributed by atoms with van der Waals surface area (Å²) in [5.41, 5.74) is 7.98. The van der Waals surface area contributed by atoms with Crippen molar-refractivity contribution in [2.75, 3.05) is 4.72 Å². The number of allylic oxidation sites excluding steroid dienone is 3. The van der Waals surface area contributed by atoms with Crippen molar-refractivity contribution in [1.82, 2.24) is 10.9 Å². The number of hydrazine groups is 1.